The van der Waals surface area contributed by atoms with Crippen molar-refractivity contribution in [2.45, 2.75) is 50.8 Å². The summed E-state index contributed by atoms with van der Waals surface area (Å²) in [4.78, 5) is 3.16. The van der Waals surface area contributed by atoms with Gasteiger partial charge in [0.15, 0.2) is 0 Å². The van der Waals surface area contributed by atoms with Crippen LogP contribution in [-0.2, 0) is 6.54 Å². The quantitative estimate of drug-likeness (QED) is 0.663. The summed E-state index contributed by atoms with van der Waals surface area (Å²) in [7, 11) is 0. The van der Waals surface area contributed by atoms with E-state index in [0.29, 0.717) is 0 Å². The molecule has 84 valence electrons. The average molecular weight is 208 g/mol. The van der Waals surface area contributed by atoms with E-state index >= 15 is 0 Å². The average Bonchev–Trinajstić information content (AvgIpc) is 2.67. The maximum Gasteiger partial charge on any atom is 0.0693 e. The summed E-state index contributed by atoms with van der Waals surface area (Å²) >= 11 is 0. The number of H-pyrrole nitrogens is 1. The molecule has 0 amide bonds. The highest BCUT2D eigenvalue weighted by molar-refractivity contribution is 5.03. The second-order valence-corrected chi connectivity index (χ2v) is 4.39. The smallest absolute Gasteiger partial charge is 0.0693 e. The van der Waals surface area contributed by atoms with Crippen molar-refractivity contribution >= 4 is 0 Å². The third-order valence-corrected chi connectivity index (χ3v) is 3.20. The number of aromatic amines is 1. The highest BCUT2D eigenvalue weighted by Crippen LogP contribution is 2.18. The van der Waals surface area contributed by atoms with Crippen LogP contribution in [0.1, 0.15) is 37.8 Å². The van der Waals surface area contributed by atoms with Gasteiger partial charge in [-0.05, 0) is 25.0 Å². The van der Waals surface area contributed by atoms with E-state index in [-0.39, 0.29) is 12.1 Å². The minimum absolute atomic E-state index is 0.164. The normalized spacial score (nSPS) is 27.5. The van der Waals surface area contributed by atoms with Gasteiger partial charge in [0.2, 0.25) is 0 Å². The molecule has 3 nitrogen and oxygen atoms in total. The van der Waals surface area contributed by atoms with Gasteiger partial charge in [-0.25, -0.2) is 0 Å². The lowest BCUT2D eigenvalue weighted by atomic mass is 10.1. The molecule has 3 N–H and O–H groups in total. The van der Waals surface area contributed by atoms with Crippen molar-refractivity contribution in [3.8, 4) is 0 Å². The molecule has 1 fully saturated rings. The molecule has 1 saturated carbocycles. The van der Waals surface area contributed by atoms with Crippen LogP contribution in [0.15, 0.2) is 18.3 Å². The van der Waals surface area contributed by atoms with E-state index in [1.165, 1.54) is 25.0 Å². The van der Waals surface area contributed by atoms with Crippen molar-refractivity contribution in [1.82, 2.24) is 10.3 Å². The molecule has 1 aliphatic rings. The van der Waals surface area contributed by atoms with Crippen molar-refractivity contribution in [2.24, 2.45) is 0 Å². The van der Waals surface area contributed by atoms with Gasteiger partial charge in [0.25, 0.3) is 0 Å². The molecule has 0 aliphatic heterocycles. The second-order valence-electron chi connectivity index (χ2n) is 4.39. The van der Waals surface area contributed by atoms with Gasteiger partial charge in [0.1, 0.15) is 0 Å². The molecule has 1 heterocycles. The van der Waals surface area contributed by atoms with E-state index < -0.39 is 0 Å². The Morgan fingerprint density at radius 3 is 3.00 bits per heavy atom. The monoisotopic (exact) mass is 208 g/mol. The number of rotatable bonds is 3. The number of aliphatic hydroxyl groups is 1. The molecule has 0 aromatic carbocycles. The van der Waals surface area contributed by atoms with Crippen molar-refractivity contribution in [2.75, 3.05) is 0 Å². The van der Waals surface area contributed by atoms with Gasteiger partial charge in [0, 0.05) is 24.5 Å². The first kappa shape index (κ1) is 10.7. The SMILES string of the molecule is OC1CCCCCC1NCc1ccc[nH]1. The van der Waals surface area contributed by atoms with Gasteiger partial charge in [-0.2, -0.15) is 0 Å². The van der Waals surface area contributed by atoms with Crippen LogP contribution in [-0.4, -0.2) is 22.2 Å². The number of hydrogen-bond acceptors (Lipinski definition) is 2. The van der Waals surface area contributed by atoms with Crippen molar-refractivity contribution in [3.63, 3.8) is 0 Å². The van der Waals surface area contributed by atoms with Gasteiger partial charge in [-0.3, -0.25) is 0 Å². The lowest BCUT2D eigenvalue weighted by Gasteiger charge is -2.21. The number of hydrogen-bond donors (Lipinski definition) is 3. The first-order valence-corrected chi connectivity index (χ1v) is 5.90. The Hall–Kier alpha value is -0.800. The molecule has 1 aliphatic carbocycles. The molecule has 1 aromatic rings. The lowest BCUT2D eigenvalue weighted by Crippen LogP contribution is -2.38. The van der Waals surface area contributed by atoms with Gasteiger partial charge in [-0.1, -0.05) is 19.3 Å². The molecule has 2 rings (SSSR count). The molecular formula is C12H20N2O. The molecule has 0 radical (unpaired) electrons. The van der Waals surface area contributed by atoms with E-state index in [2.05, 4.69) is 16.4 Å². The summed E-state index contributed by atoms with van der Waals surface area (Å²) in [6, 6.07) is 4.34. The van der Waals surface area contributed by atoms with Crippen LogP contribution < -0.4 is 5.32 Å². The molecule has 1 aromatic heterocycles. The van der Waals surface area contributed by atoms with Crippen molar-refractivity contribution < 1.29 is 5.11 Å². The Morgan fingerprint density at radius 1 is 1.33 bits per heavy atom. The number of aliphatic hydroxyl groups excluding tert-OH is 1. The fraction of sp³-hybridized carbons (Fsp3) is 0.667. The largest absolute Gasteiger partial charge is 0.392 e. The van der Waals surface area contributed by atoms with Crippen LogP contribution in [0, 0.1) is 0 Å². The van der Waals surface area contributed by atoms with Crippen LogP contribution >= 0.6 is 0 Å². The fourth-order valence-electron chi connectivity index (χ4n) is 2.24. The zero-order valence-corrected chi connectivity index (χ0v) is 9.08. The summed E-state index contributed by atoms with van der Waals surface area (Å²) in [6.45, 7) is 0.828. The summed E-state index contributed by atoms with van der Waals surface area (Å²) in [5.41, 5.74) is 1.19. The fourth-order valence-corrected chi connectivity index (χ4v) is 2.24. The molecule has 2 unspecified atom stereocenters. The van der Waals surface area contributed by atoms with Crippen molar-refractivity contribution in [1.29, 1.82) is 0 Å². The van der Waals surface area contributed by atoms with Gasteiger partial charge in [-0.15, -0.1) is 0 Å². The Morgan fingerprint density at radius 2 is 2.20 bits per heavy atom. The van der Waals surface area contributed by atoms with E-state index in [1.807, 2.05) is 12.3 Å². The second kappa shape index (κ2) is 5.33. The topological polar surface area (TPSA) is 48.0 Å². The maximum absolute atomic E-state index is 9.90. The van der Waals surface area contributed by atoms with Crippen molar-refractivity contribution in [3.05, 3.63) is 24.0 Å². The minimum Gasteiger partial charge on any atom is -0.392 e. The summed E-state index contributed by atoms with van der Waals surface area (Å²) < 4.78 is 0. The maximum atomic E-state index is 9.90. The Labute approximate surface area is 90.9 Å². The number of nitrogens with one attached hydrogen (secondary N) is 2. The number of aromatic nitrogens is 1. The van der Waals surface area contributed by atoms with E-state index in [0.717, 1.165) is 19.4 Å². The molecule has 0 spiro atoms. The predicted octanol–water partition coefficient (Wildman–Crippen LogP) is 1.80. The summed E-state index contributed by atoms with van der Waals surface area (Å²) in [5.74, 6) is 0. The summed E-state index contributed by atoms with van der Waals surface area (Å²) in [6.07, 6.45) is 7.48. The molecule has 2 atom stereocenters. The van der Waals surface area contributed by atoms with E-state index in [4.69, 9.17) is 0 Å². The molecular weight excluding hydrogens is 188 g/mol. The third kappa shape index (κ3) is 3.08. The Bertz CT molecular complexity index is 271. The lowest BCUT2D eigenvalue weighted by molar-refractivity contribution is 0.119. The van der Waals surface area contributed by atoms with Crippen LogP contribution in [0.25, 0.3) is 0 Å². The Balaban J connectivity index is 1.81. The van der Waals surface area contributed by atoms with Crippen LogP contribution in [0.4, 0.5) is 0 Å². The zero-order chi connectivity index (χ0) is 10.5. The van der Waals surface area contributed by atoms with E-state index in [9.17, 15) is 5.11 Å². The third-order valence-electron chi connectivity index (χ3n) is 3.20. The molecule has 0 saturated heterocycles. The predicted molar refractivity (Wildman–Crippen MR) is 60.5 cm³/mol. The highest BCUT2D eigenvalue weighted by atomic mass is 16.3. The van der Waals surface area contributed by atoms with Crippen LogP contribution in [0.2, 0.25) is 0 Å². The standard InChI is InChI=1S/C12H20N2O/c15-12-7-3-1-2-6-11(12)14-9-10-5-4-8-13-10/h4-5,8,11-15H,1-3,6-7,9H2. The first-order chi connectivity index (χ1) is 7.36. The molecule has 3 heteroatoms. The summed E-state index contributed by atoms with van der Waals surface area (Å²) in [5, 5.41) is 13.3. The van der Waals surface area contributed by atoms with Crippen LogP contribution in [0.3, 0.4) is 0 Å². The van der Waals surface area contributed by atoms with E-state index in [1.54, 1.807) is 0 Å². The van der Waals surface area contributed by atoms with Gasteiger partial charge in [0.05, 0.1) is 6.10 Å². The highest BCUT2D eigenvalue weighted by Gasteiger charge is 2.20. The first-order valence-electron chi connectivity index (χ1n) is 5.90. The zero-order valence-electron chi connectivity index (χ0n) is 9.08. The minimum atomic E-state index is -0.164. The van der Waals surface area contributed by atoms with Gasteiger partial charge >= 0.3 is 0 Å². The molecule has 15 heavy (non-hydrogen) atoms. The molecule has 0 bridgehead atoms. The van der Waals surface area contributed by atoms with Crippen LogP contribution in [0.5, 0.6) is 0 Å². The van der Waals surface area contributed by atoms with Gasteiger partial charge < -0.3 is 15.4 Å². The Kier molecular flexibility index (Phi) is 3.80.